The number of benzene rings is 2. The van der Waals surface area contributed by atoms with Crippen LogP contribution in [0.25, 0.3) is 11.0 Å². The molecule has 0 atom stereocenters. The van der Waals surface area contributed by atoms with E-state index < -0.39 is 5.60 Å². The van der Waals surface area contributed by atoms with E-state index in [0.29, 0.717) is 43.4 Å². The molecule has 0 spiro atoms. The van der Waals surface area contributed by atoms with Crippen LogP contribution in [-0.2, 0) is 17.8 Å². The van der Waals surface area contributed by atoms with Crippen LogP contribution in [0.5, 0.6) is 0 Å². The third-order valence-electron chi connectivity index (χ3n) is 5.52. The average molecular weight is 395 g/mol. The van der Waals surface area contributed by atoms with Crippen LogP contribution < -0.4 is 5.56 Å². The van der Waals surface area contributed by atoms with Crippen LogP contribution in [0, 0.1) is 5.82 Å². The first-order valence-corrected chi connectivity index (χ1v) is 9.63. The molecule has 1 N–H and O–H groups in total. The maximum atomic E-state index is 13.4. The van der Waals surface area contributed by atoms with Gasteiger partial charge in [0.25, 0.3) is 5.56 Å². The Bertz CT molecular complexity index is 1100. The van der Waals surface area contributed by atoms with Crippen LogP contribution in [-0.4, -0.2) is 44.2 Å². The normalized spacial score (nSPS) is 16.1. The van der Waals surface area contributed by atoms with Crippen LogP contribution in [0.15, 0.2) is 59.5 Å². The molecule has 1 aliphatic heterocycles. The summed E-state index contributed by atoms with van der Waals surface area (Å²) in [6.45, 7) is 0.717. The summed E-state index contributed by atoms with van der Waals surface area (Å²) in [6.07, 6.45) is 2.38. The second kappa shape index (κ2) is 7.75. The highest BCUT2D eigenvalue weighted by Gasteiger charge is 2.34. The number of amides is 1. The molecule has 1 saturated heterocycles. The van der Waals surface area contributed by atoms with Crippen LogP contribution in [0.3, 0.4) is 0 Å². The number of nitrogens with zero attached hydrogens (tertiary/aromatic N) is 3. The molecule has 29 heavy (non-hydrogen) atoms. The fraction of sp³-hybridized carbons (Fsp3) is 0.318. The van der Waals surface area contributed by atoms with Gasteiger partial charge in [-0.1, -0.05) is 24.3 Å². The quantitative estimate of drug-likeness (QED) is 0.734. The molecular weight excluding hydrogens is 373 g/mol. The molecule has 0 saturated carbocycles. The van der Waals surface area contributed by atoms with E-state index in [2.05, 4.69) is 4.98 Å². The lowest BCUT2D eigenvalue weighted by Gasteiger charge is -2.38. The van der Waals surface area contributed by atoms with Gasteiger partial charge in [0.2, 0.25) is 5.91 Å². The minimum Gasteiger partial charge on any atom is -0.389 e. The van der Waals surface area contributed by atoms with Crippen LogP contribution >= 0.6 is 0 Å². The highest BCUT2D eigenvalue weighted by molar-refractivity contribution is 5.80. The minimum atomic E-state index is -0.967. The van der Waals surface area contributed by atoms with E-state index in [1.807, 2.05) is 6.07 Å². The fourth-order valence-electron chi connectivity index (χ4n) is 3.89. The Hall–Kier alpha value is -3.06. The summed E-state index contributed by atoms with van der Waals surface area (Å²) in [5, 5.41) is 10.9. The number of fused-ring (bicyclic) bond motifs is 1. The lowest BCUT2D eigenvalue weighted by atomic mass is 9.85. The number of likely N-dealkylation sites (tertiary alicyclic amines) is 1. The molecule has 1 fully saturated rings. The van der Waals surface area contributed by atoms with Crippen molar-refractivity contribution >= 4 is 16.9 Å². The lowest BCUT2D eigenvalue weighted by molar-refractivity contribution is -0.136. The van der Waals surface area contributed by atoms with Gasteiger partial charge in [-0.25, -0.2) is 9.37 Å². The minimum absolute atomic E-state index is 0.0653. The van der Waals surface area contributed by atoms with Gasteiger partial charge in [-0.05, 0) is 42.7 Å². The molecule has 0 unspecified atom stereocenters. The topological polar surface area (TPSA) is 75.4 Å². The monoisotopic (exact) mass is 395 g/mol. The average Bonchev–Trinajstić information content (AvgIpc) is 2.70. The molecule has 2 heterocycles. The molecule has 1 aliphatic rings. The number of carbonyl (C=O) groups excluding carboxylic acids is 1. The van der Waals surface area contributed by atoms with Crippen molar-refractivity contribution in [3.05, 3.63) is 76.5 Å². The first-order chi connectivity index (χ1) is 13.9. The highest BCUT2D eigenvalue weighted by atomic mass is 19.1. The Balaban J connectivity index is 1.43. The summed E-state index contributed by atoms with van der Waals surface area (Å²) in [4.78, 5) is 30.8. The van der Waals surface area contributed by atoms with Crippen molar-refractivity contribution in [3.63, 3.8) is 0 Å². The molecule has 0 bridgehead atoms. The third-order valence-corrected chi connectivity index (χ3v) is 5.52. The number of rotatable bonds is 4. The summed E-state index contributed by atoms with van der Waals surface area (Å²) < 4.78 is 14.8. The maximum Gasteiger partial charge on any atom is 0.269 e. The van der Waals surface area contributed by atoms with Crippen molar-refractivity contribution in [2.75, 3.05) is 13.1 Å². The maximum absolute atomic E-state index is 13.4. The molecule has 1 amide bonds. The van der Waals surface area contributed by atoms with E-state index in [-0.39, 0.29) is 23.8 Å². The summed E-state index contributed by atoms with van der Waals surface area (Å²) in [5.41, 5.74) is 0.722. The Morgan fingerprint density at radius 2 is 1.90 bits per heavy atom. The van der Waals surface area contributed by atoms with Crippen LogP contribution in [0.4, 0.5) is 4.39 Å². The standard InChI is InChI=1S/C22H22FN3O3/c23-17-5-3-4-16(12-17)13-22(29)8-10-25(11-9-22)21(28)15-26-19-7-2-1-6-18(19)24-14-20(26)27/h1-7,12,14,29H,8-11,13,15H2. The number of para-hydroxylation sites is 2. The molecule has 150 valence electrons. The molecular formula is C22H22FN3O3. The number of hydrogen-bond donors (Lipinski definition) is 1. The van der Waals surface area contributed by atoms with Gasteiger partial charge in [-0.3, -0.25) is 14.2 Å². The van der Waals surface area contributed by atoms with E-state index in [0.717, 1.165) is 5.56 Å². The lowest BCUT2D eigenvalue weighted by Crippen LogP contribution is -2.49. The predicted molar refractivity (Wildman–Crippen MR) is 107 cm³/mol. The van der Waals surface area contributed by atoms with Gasteiger partial charge in [-0.15, -0.1) is 0 Å². The number of aliphatic hydroxyl groups is 1. The zero-order valence-corrected chi connectivity index (χ0v) is 15.9. The number of aromatic nitrogens is 2. The number of carbonyl (C=O) groups is 1. The number of piperidine rings is 1. The van der Waals surface area contributed by atoms with Crippen molar-refractivity contribution in [3.8, 4) is 0 Å². The van der Waals surface area contributed by atoms with Crippen molar-refractivity contribution in [2.45, 2.75) is 31.4 Å². The highest BCUT2D eigenvalue weighted by Crippen LogP contribution is 2.27. The number of halogens is 1. The number of hydrogen-bond acceptors (Lipinski definition) is 4. The summed E-state index contributed by atoms with van der Waals surface area (Å²) in [5.74, 6) is -0.495. The van der Waals surface area contributed by atoms with Gasteiger partial charge in [0.15, 0.2) is 0 Å². The summed E-state index contributed by atoms with van der Waals surface area (Å²) in [7, 11) is 0. The zero-order chi connectivity index (χ0) is 20.4. The molecule has 1 aromatic heterocycles. The van der Waals surface area contributed by atoms with E-state index in [4.69, 9.17) is 0 Å². The largest absolute Gasteiger partial charge is 0.389 e. The zero-order valence-electron chi connectivity index (χ0n) is 15.9. The van der Waals surface area contributed by atoms with Gasteiger partial charge in [0, 0.05) is 19.5 Å². The molecule has 6 nitrogen and oxygen atoms in total. The second-order valence-corrected chi connectivity index (χ2v) is 7.58. The van der Waals surface area contributed by atoms with Gasteiger partial charge in [-0.2, -0.15) is 0 Å². The SMILES string of the molecule is O=C(Cn1c(=O)cnc2ccccc21)N1CCC(O)(Cc2cccc(F)c2)CC1. The Morgan fingerprint density at radius 1 is 1.14 bits per heavy atom. The summed E-state index contributed by atoms with van der Waals surface area (Å²) in [6, 6.07) is 13.4. The first-order valence-electron chi connectivity index (χ1n) is 9.63. The third kappa shape index (κ3) is 4.19. The van der Waals surface area contributed by atoms with E-state index in [1.165, 1.54) is 22.9 Å². The van der Waals surface area contributed by atoms with Gasteiger partial charge >= 0.3 is 0 Å². The molecule has 2 aromatic carbocycles. The van der Waals surface area contributed by atoms with E-state index >= 15 is 0 Å². The molecule has 3 aromatic rings. The van der Waals surface area contributed by atoms with Gasteiger partial charge in [0.05, 0.1) is 22.8 Å². The Labute approximate surface area is 167 Å². The van der Waals surface area contributed by atoms with Crippen molar-refractivity contribution in [1.29, 1.82) is 0 Å². The predicted octanol–water partition coefficient (Wildman–Crippen LogP) is 2.13. The van der Waals surface area contributed by atoms with Crippen molar-refractivity contribution < 1.29 is 14.3 Å². The Morgan fingerprint density at radius 3 is 2.66 bits per heavy atom. The molecule has 4 rings (SSSR count). The van der Waals surface area contributed by atoms with E-state index in [1.54, 1.807) is 35.2 Å². The molecule has 0 aliphatic carbocycles. The van der Waals surface area contributed by atoms with Crippen LogP contribution in [0.1, 0.15) is 18.4 Å². The van der Waals surface area contributed by atoms with Crippen LogP contribution in [0.2, 0.25) is 0 Å². The van der Waals surface area contributed by atoms with Crippen molar-refractivity contribution in [2.24, 2.45) is 0 Å². The van der Waals surface area contributed by atoms with Gasteiger partial charge < -0.3 is 10.0 Å². The van der Waals surface area contributed by atoms with Gasteiger partial charge in [0.1, 0.15) is 12.4 Å². The first kappa shape index (κ1) is 19.3. The Kier molecular flexibility index (Phi) is 5.15. The smallest absolute Gasteiger partial charge is 0.269 e. The molecule has 7 heteroatoms. The summed E-state index contributed by atoms with van der Waals surface area (Å²) >= 11 is 0. The second-order valence-electron chi connectivity index (χ2n) is 7.58. The fourth-order valence-corrected chi connectivity index (χ4v) is 3.89. The van der Waals surface area contributed by atoms with Crippen molar-refractivity contribution in [1.82, 2.24) is 14.5 Å². The van der Waals surface area contributed by atoms with E-state index in [9.17, 15) is 19.1 Å². The molecule has 0 radical (unpaired) electrons.